The SMILES string of the molecule is C[Si](C)(C)c1cnc(-c2[c-]cccc2)cc1-c1ccccc1.Cc1c(-c2[c-]cccc2)ncc([Si](C)(C)C)c1-c1ccccc1.Cc1ccc[c-]c1-c1cc(-c2ccccc2)c([Si](C)(C)C)cn1.Cc1nc(-c2[c-]cccc2)cc(-c2ccccc2)c1[Si](C)(C)C.[Ir].[Ir].[Ir].[Ir].[c-]1ccccc1-c1ccccn1.[c-]1ccccc1-c1ccccn1.[c-]1ccccc1-c1ccccn1.[c-]1ccccc1-c1ccccn1. The zero-order valence-electron chi connectivity index (χ0n) is 83.6. The Balaban J connectivity index is 0.000000184. The fourth-order valence-corrected chi connectivity index (χ4v) is 22.5. The third kappa shape index (κ3) is 33.7. The Morgan fingerprint density at radius 3 is 0.811 bits per heavy atom. The van der Waals surface area contributed by atoms with Gasteiger partial charge in [0.05, 0.1) is 32.3 Å². The number of aryl methyl sites for hydroxylation is 2. The molecule has 0 saturated carbocycles. The van der Waals surface area contributed by atoms with Crippen molar-refractivity contribution in [1.82, 2.24) is 39.9 Å². The molecule has 8 aromatic heterocycles. The van der Waals surface area contributed by atoms with Crippen molar-refractivity contribution in [2.24, 2.45) is 0 Å². The molecular formula is C127H118Ir4N8Si4-8. The Labute approximate surface area is 907 Å². The molecule has 0 aliphatic carbocycles. The number of rotatable bonds is 16. The van der Waals surface area contributed by atoms with Crippen LogP contribution >= 0.6 is 0 Å². The molecule has 0 saturated heterocycles. The van der Waals surface area contributed by atoms with Crippen molar-refractivity contribution < 1.29 is 80.4 Å². The molecule has 8 heterocycles. The minimum Gasteiger partial charge on any atom is -0.305 e. The van der Waals surface area contributed by atoms with Crippen LogP contribution in [0.2, 0.25) is 78.6 Å². The zero-order chi connectivity index (χ0) is 97.8. The van der Waals surface area contributed by atoms with E-state index in [0.717, 1.165) is 95.8 Å². The van der Waals surface area contributed by atoms with Crippen LogP contribution in [-0.2, 0) is 80.4 Å². The molecule has 0 spiro atoms. The predicted octanol–water partition coefficient (Wildman–Crippen LogP) is 30.2. The maximum absolute atomic E-state index is 4.90. The summed E-state index contributed by atoms with van der Waals surface area (Å²) in [7, 11) is -5.92. The molecule has 0 aliphatic rings. The molecular weight excluding hydrogens is 2520 g/mol. The number of hydrogen-bond acceptors (Lipinski definition) is 8. The molecule has 726 valence electrons. The number of benzene rings is 12. The molecule has 12 aromatic carbocycles. The predicted molar refractivity (Wildman–Crippen MR) is 596 cm³/mol. The van der Waals surface area contributed by atoms with Crippen LogP contribution in [0.3, 0.4) is 0 Å². The average Bonchev–Trinajstić information content (AvgIpc) is 0.765. The Morgan fingerprint density at radius 2 is 0.497 bits per heavy atom. The largest absolute Gasteiger partial charge is 0.305 e. The molecule has 8 nitrogen and oxygen atoms in total. The molecule has 0 atom stereocenters. The van der Waals surface area contributed by atoms with E-state index in [-0.39, 0.29) is 80.4 Å². The van der Waals surface area contributed by atoms with E-state index in [9.17, 15) is 0 Å². The summed E-state index contributed by atoms with van der Waals surface area (Å²) in [6, 6.07) is 160. The molecule has 0 N–H and O–H groups in total. The number of pyridine rings is 8. The van der Waals surface area contributed by atoms with E-state index in [1.807, 2.05) is 237 Å². The molecule has 143 heavy (non-hydrogen) atoms. The van der Waals surface area contributed by atoms with E-state index >= 15 is 0 Å². The standard InChI is InChI=1S/3C21H22NSi.C20H20NSi.4C11H8N.4Ir/c1-16-20(17-11-7-5-8-12-17)19(23(2,3)4)15-22-21(16)18-13-9-6-10-14-18;1-16-21(23(2,3)4)19(17-11-7-5-8-12-17)15-20(22-16)18-13-9-6-10-14-18;1-16-10-8-9-13-18(16)20-14-19(17-11-6-5-7-12-17)21(15-22-20)23(2,3)4;1-22(2,3)20-15-21-19(17-12-8-5-9-13-17)14-18(20)16-10-6-4-7-11-16;4*1-2-6-10(7-3-1)11-8-4-5-9-12-11;;;;/h2*5-13,15H,1-4H3;5-12,14-15H,1-4H3;4-12,14-15H,1-3H3;4*1-6,8-9H;;;;/q8*-1;;;;. The molecule has 20 aromatic rings. The number of nitrogens with zero attached hydrogens (tertiary/aromatic N) is 8. The monoisotopic (exact) mass is 2640 g/mol. The fraction of sp³-hybridized carbons (Fsp3) is 0.118. The van der Waals surface area contributed by atoms with Crippen molar-refractivity contribution in [1.29, 1.82) is 0 Å². The Morgan fingerprint density at radius 1 is 0.217 bits per heavy atom. The van der Waals surface area contributed by atoms with Gasteiger partial charge in [-0.05, 0) is 149 Å². The van der Waals surface area contributed by atoms with E-state index in [1.54, 1.807) is 24.8 Å². The summed E-state index contributed by atoms with van der Waals surface area (Å²) in [5, 5.41) is 5.67. The number of aromatic nitrogens is 8. The third-order valence-electron chi connectivity index (χ3n) is 22.7. The van der Waals surface area contributed by atoms with E-state index < -0.39 is 32.3 Å². The van der Waals surface area contributed by atoms with Crippen LogP contribution < -0.4 is 20.7 Å². The molecule has 0 amide bonds. The topological polar surface area (TPSA) is 103 Å². The van der Waals surface area contributed by atoms with Crippen LogP contribution in [0, 0.1) is 69.3 Å². The summed E-state index contributed by atoms with van der Waals surface area (Å²) in [4.78, 5) is 36.0. The summed E-state index contributed by atoms with van der Waals surface area (Å²) < 4.78 is 0. The third-order valence-corrected chi connectivity index (χ3v) is 30.8. The van der Waals surface area contributed by atoms with Gasteiger partial charge in [-0.2, -0.15) is 0 Å². The van der Waals surface area contributed by atoms with Crippen LogP contribution in [0.5, 0.6) is 0 Å². The summed E-state index contributed by atoms with van der Waals surface area (Å²) >= 11 is 0. The van der Waals surface area contributed by atoms with Crippen molar-refractivity contribution in [3.05, 3.63) is 509 Å². The fourth-order valence-electron chi connectivity index (χ4n) is 15.9. The smallest absolute Gasteiger partial charge is 0.0807 e. The van der Waals surface area contributed by atoms with Crippen molar-refractivity contribution in [2.75, 3.05) is 0 Å². The zero-order valence-corrected chi connectivity index (χ0v) is 97.1. The Hall–Kier alpha value is -12.7. The minimum atomic E-state index is -1.50. The van der Waals surface area contributed by atoms with Gasteiger partial charge in [0.1, 0.15) is 0 Å². The van der Waals surface area contributed by atoms with Crippen LogP contribution in [0.15, 0.2) is 444 Å². The maximum atomic E-state index is 4.90. The van der Waals surface area contributed by atoms with E-state index in [4.69, 9.17) is 19.9 Å². The normalized spacial score (nSPS) is 10.5. The van der Waals surface area contributed by atoms with Crippen LogP contribution in [0.1, 0.15) is 16.8 Å². The molecule has 20 rings (SSSR count). The molecule has 16 heteroatoms. The second kappa shape index (κ2) is 57.0. The maximum Gasteiger partial charge on any atom is 0.0807 e. The Bertz CT molecular complexity index is 6650. The van der Waals surface area contributed by atoms with E-state index in [1.165, 1.54) is 76.4 Å². The van der Waals surface area contributed by atoms with E-state index in [2.05, 4.69) is 350 Å². The summed E-state index contributed by atoms with van der Waals surface area (Å²) in [5.74, 6) is 0. The summed E-state index contributed by atoms with van der Waals surface area (Å²) in [6.07, 6.45) is 13.4. The summed E-state index contributed by atoms with van der Waals surface area (Å²) in [5.41, 5.74) is 30.3. The van der Waals surface area contributed by atoms with Gasteiger partial charge in [0.25, 0.3) is 0 Å². The van der Waals surface area contributed by atoms with Crippen molar-refractivity contribution >= 4 is 53.0 Å². The van der Waals surface area contributed by atoms with Gasteiger partial charge >= 0.3 is 0 Å². The second-order valence-electron chi connectivity index (χ2n) is 37.3. The summed E-state index contributed by atoms with van der Waals surface area (Å²) in [6.45, 7) is 35.0. The average molecular weight is 2640 g/mol. The van der Waals surface area contributed by atoms with Crippen molar-refractivity contribution in [3.63, 3.8) is 0 Å². The quantitative estimate of drug-likeness (QED) is 0.0696. The second-order valence-corrected chi connectivity index (χ2v) is 57.4. The van der Waals surface area contributed by atoms with Crippen LogP contribution in [0.4, 0.5) is 0 Å². The van der Waals surface area contributed by atoms with Crippen molar-refractivity contribution in [3.8, 4) is 135 Å². The first kappa shape index (κ1) is 114. The molecule has 4 radical (unpaired) electrons. The first-order valence-electron chi connectivity index (χ1n) is 47.0. The molecule has 0 unspecified atom stereocenters. The van der Waals surface area contributed by atoms with E-state index in [0.29, 0.717) is 0 Å². The van der Waals surface area contributed by atoms with Gasteiger partial charge in [-0.15, -0.1) is 287 Å². The van der Waals surface area contributed by atoms with Gasteiger partial charge in [-0.25, -0.2) is 0 Å². The molecule has 0 aliphatic heterocycles. The molecule has 0 bridgehead atoms. The first-order valence-corrected chi connectivity index (χ1v) is 61.0. The van der Waals surface area contributed by atoms with Crippen LogP contribution in [-0.4, -0.2) is 72.2 Å². The minimum absolute atomic E-state index is 0. The number of hydrogen-bond donors (Lipinski definition) is 0. The molecule has 0 fully saturated rings. The van der Waals surface area contributed by atoms with Gasteiger partial charge < -0.3 is 39.9 Å². The van der Waals surface area contributed by atoms with Gasteiger partial charge in [0.2, 0.25) is 0 Å². The first-order chi connectivity index (χ1) is 67.3. The van der Waals surface area contributed by atoms with Gasteiger partial charge in [0.15, 0.2) is 0 Å². The van der Waals surface area contributed by atoms with Gasteiger partial charge in [-0.3, -0.25) is 0 Å². The van der Waals surface area contributed by atoms with Crippen LogP contribution in [0.25, 0.3) is 135 Å². The van der Waals surface area contributed by atoms with Gasteiger partial charge in [0, 0.05) is 129 Å². The van der Waals surface area contributed by atoms with Gasteiger partial charge in [-0.1, -0.05) is 279 Å². The van der Waals surface area contributed by atoms with Crippen molar-refractivity contribution in [2.45, 2.75) is 99.3 Å². The Kier molecular flexibility index (Phi) is 45.4.